The van der Waals surface area contributed by atoms with Crippen molar-refractivity contribution in [1.82, 2.24) is 4.90 Å². The van der Waals surface area contributed by atoms with E-state index >= 15 is 0 Å². The van der Waals surface area contributed by atoms with Gasteiger partial charge < -0.3 is 0 Å². The number of hydrogen-bond acceptors (Lipinski definition) is 1. The molecule has 0 fully saturated rings. The zero-order chi connectivity index (χ0) is 9.10. The average molecular weight is 174 g/mol. The molecule has 0 spiro atoms. The minimum absolute atomic E-state index is 1.10. The lowest BCUT2D eigenvalue weighted by Crippen LogP contribution is -2.27. The molecule has 0 saturated carbocycles. The third-order valence-electron chi connectivity index (χ3n) is 2.60. The van der Waals surface area contributed by atoms with Crippen LogP contribution >= 0.6 is 0 Å². The van der Waals surface area contributed by atoms with Crippen LogP contribution in [0.1, 0.15) is 24.5 Å². The van der Waals surface area contributed by atoms with Crippen molar-refractivity contribution in [3.63, 3.8) is 0 Å². The second-order valence-electron chi connectivity index (χ2n) is 3.58. The maximum atomic E-state index is 2.42. The van der Waals surface area contributed by atoms with Crippen molar-refractivity contribution in [2.45, 2.75) is 26.3 Å². The molecule has 1 radical (unpaired) electrons. The van der Waals surface area contributed by atoms with Gasteiger partial charge in [0.25, 0.3) is 0 Å². The smallest absolute Gasteiger partial charge is 0.0252 e. The van der Waals surface area contributed by atoms with Crippen LogP contribution in [0.25, 0.3) is 0 Å². The van der Waals surface area contributed by atoms with E-state index in [1.54, 1.807) is 0 Å². The fourth-order valence-electron chi connectivity index (χ4n) is 1.93. The van der Waals surface area contributed by atoms with Crippen molar-refractivity contribution in [3.8, 4) is 0 Å². The molecule has 0 atom stereocenters. The minimum Gasteiger partial charge on any atom is -0.294 e. The molecule has 2 rings (SSSR count). The van der Waals surface area contributed by atoms with Gasteiger partial charge >= 0.3 is 0 Å². The predicted octanol–water partition coefficient (Wildman–Crippen LogP) is 2.62. The van der Waals surface area contributed by atoms with Gasteiger partial charge in [-0.25, -0.2) is 0 Å². The van der Waals surface area contributed by atoms with Crippen LogP contribution in [-0.2, 0) is 13.0 Å². The van der Waals surface area contributed by atoms with Crippen LogP contribution < -0.4 is 0 Å². The summed E-state index contributed by atoms with van der Waals surface area (Å²) in [5, 5.41) is 0. The van der Waals surface area contributed by atoms with Gasteiger partial charge in [-0.05, 0) is 24.0 Å². The summed E-state index contributed by atoms with van der Waals surface area (Å²) in [4.78, 5) is 2.42. The first-order chi connectivity index (χ1) is 6.40. The van der Waals surface area contributed by atoms with Gasteiger partial charge in [0.1, 0.15) is 0 Å². The molecule has 13 heavy (non-hydrogen) atoms. The first-order valence-electron chi connectivity index (χ1n) is 5.04. The summed E-state index contributed by atoms with van der Waals surface area (Å²) in [6.07, 6.45) is 2.34. The number of rotatable bonds is 2. The Balaban J connectivity index is 2.11. The number of hydrogen-bond donors (Lipinski definition) is 0. The molecule has 0 aromatic heterocycles. The van der Waals surface area contributed by atoms with E-state index in [1.807, 2.05) is 0 Å². The third kappa shape index (κ3) is 1.92. The Labute approximate surface area is 80.4 Å². The number of nitrogens with zero attached hydrogens (tertiary/aromatic N) is 1. The van der Waals surface area contributed by atoms with Crippen molar-refractivity contribution in [1.29, 1.82) is 0 Å². The first kappa shape index (κ1) is 8.76. The number of fused-ring (bicyclic) bond motifs is 1. The standard InChI is InChI=1S/C12H16N/c1-2-8-13-9-7-11-5-3-4-6-12(11)10-13/h3-6,8H,2,7,9-10H2,1H3. The van der Waals surface area contributed by atoms with Crippen molar-refractivity contribution in [2.24, 2.45) is 0 Å². The Morgan fingerprint density at radius 3 is 2.85 bits per heavy atom. The van der Waals surface area contributed by atoms with Crippen LogP contribution in [-0.4, -0.2) is 11.4 Å². The fraction of sp³-hybridized carbons (Fsp3) is 0.417. The Morgan fingerprint density at radius 2 is 2.08 bits per heavy atom. The highest BCUT2D eigenvalue weighted by Gasteiger charge is 2.14. The van der Waals surface area contributed by atoms with Crippen molar-refractivity contribution in [2.75, 3.05) is 6.54 Å². The second kappa shape index (κ2) is 3.93. The summed E-state index contributed by atoms with van der Waals surface area (Å²) in [6, 6.07) is 8.76. The van der Waals surface area contributed by atoms with Gasteiger partial charge in [-0.15, -0.1) is 0 Å². The topological polar surface area (TPSA) is 3.24 Å². The quantitative estimate of drug-likeness (QED) is 0.666. The molecular weight excluding hydrogens is 158 g/mol. The Kier molecular flexibility index (Phi) is 2.65. The molecule has 1 aliphatic heterocycles. The van der Waals surface area contributed by atoms with Crippen LogP contribution in [0.15, 0.2) is 24.3 Å². The van der Waals surface area contributed by atoms with E-state index < -0.39 is 0 Å². The van der Waals surface area contributed by atoms with Gasteiger partial charge in [0.15, 0.2) is 0 Å². The van der Waals surface area contributed by atoms with Crippen molar-refractivity contribution < 1.29 is 0 Å². The molecule has 1 heteroatoms. The molecule has 0 N–H and O–H groups in total. The summed E-state index contributed by atoms with van der Waals surface area (Å²) in [5.41, 5.74) is 3.03. The molecule has 1 aromatic rings. The van der Waals surface area contributed by atoms with Crippen molar-refractivity contribution in [3.05, 3.63) is 41.9 Å². The maximum absolute atomic E-state index is 2.42. The van der Waals surface area contributed by atoms with Gasteiger partial charge in [0.05, 0.1) is 0 Å². The van der Waals surface area contributed by atoms with Gasteiger partial charge in [-0.2, -0.15) is 0 Å². The third-order valence-corrected chi connectivity index (χ3v) is 2.60. The summed E-state index contributed by atoms with van der Waals surface area (Å²) >= 11 is 0. The summed E-state index contributed by atoms with van der Waals surface area (Å²) < 4.78 is 0. The van der Waals surface area contributed by atoms with Crippen LogP contribution in [0, 0.1) is 6.54 Å². The van der Waals surface area contributed by atoms with E-state index in [1.165, 1.54) is 24.1 Å². The van der Waals surface area contributed by atoms with E-state index in [9.17, 15) is 0 Å². The SMILES string of the molecule is CC[CH]N1CCc2ccccc2C1. The summed E-state index contributed by atoms with van der Waals surface area (Å²) in [5.74, 6) is 0. The van der Waals surface area contributed by atoms with Gasteiger partial charge in [-0.3, -0.25) is 4.90 Å². The lowest BCUT2D eigenvalue weighted by Gasteiger charge is -2.27. The highest BCUT2D eigenvalue weighted by Crippen LogP contribution is 2.19. The molecule has 69 valence electrons. The van der Waals surface area contributed by atoms with E-state index in [0.717, 1.165) is 13.0 Å². The molecule has 1 nitrogen and oxygen atoms in total. The van der Waals surface area contributed by atoms with Crippen LogP contribution in [0.4, 0.5) is 0 Å². The lowest BCUT2D eigenvalue weighted by molar-refractivity contribution is 0.306. The molecule has 0 saturated heterocycles. The normalized spacial score (nSPS) is 17.0. The molecular formula is C12H16N. The predicted molar refractivity (Wildman–Crippen MR) is 55.1 cm³/mol. The molecule has 0 amide bonds. The molecule has 1 heterocycles. The number of benzene rings is 1. The van der Waals surface area contributed by atoms with Gasteiger partial charge in [0.2, 0.25) is 0 Å². The van der Waals surface area contributed by atoms with Gasteiger partial charge in [-0.1, -0.05) is 31.2 Å². The Bertz CT molecular complexity index is 280. The van der Waals surface area contributed by atoms with Gasteiger partial charge in [0, 0.05) is 19.6 Å². The Hall–Kier alpha value is -0.820. The highest BCUT2D eigenvalue weighted by atomic mass is 15.1. The Morgan fingerprint density at radius 1 is 1.31 bits per heavy atom. The average Bonchev–Trinajstić information content (AvgIpc) is 2.18. The van der Waals surface area contributed by atoms with E-state index in [4.69, 9.17) is 0 Å². The zero-order valence-electron chi connectivity index (χ0n) is 8.16. The van der Waals surface area contributed by atoms with Crippen LogP contribution in [0.5, 0.6) is 0 Å². The molecule has 1 aromatic carbocycles. The largest absolute Gasteiger partial charge is 0.294 e. The van der Waals surface area contributed by atoms with Crippen LogP contribution in [0.3, 0.4) is 0 Å². The van der Waals surface area contributed by atoms with E-state index in [-0.39, 0.29) is 0 Å². The molecule has 0 unspecified atom stereocenters. The van der Waals surface area contributed by atoms with Crippen molar-refractivity contribution >= 4 is 0 Å². The van der Waals surface area contributed by atoms with E-state index in [2.05, 4.69) is 42.6 Å². The van der Waals surface area contributed by atoms with E-state index in [0.29, 0.717) is 0 Å². The monoisotopic (exact) mass is 174 g/mol. The fourth-order valence-corrected chi connectivity index (χ4v) is 1.93. The molecule has 0 bridgehead atoms. The second-order valence-corrected chi connectivity index (χ2v) is 3.58. The minimum atomic E-state index is 1.10. The maximum Gasteiger partial charge on any atom is 0.0252 e. The highest BCUT2D eigenvalue weighted by molar-refractivity contribution is 5.29. The molecule has 1 aliphatic rings. The first-order valence-corrected chi connectivity index (χ1v) is 5.04. The summed E-state index contributed by atoms with van der Waals surface area (Å²) in [6.45, 7) is 6.78. The summed E-state index contributed by atoms with van der Waals surface area (Å²) in [7, 11) is 0. The van der Waals surface area contributed by atoms with Crippen LogP contribution in [0.2, 0.25) is 0 Å². The molecule has 0 aliphatic carbocycles. The lowest BCUT2D eigenvalue weighted by atomic mass is 10.00. The zero-order valence-corrected chi connectivity index (χ0v) is 8.16.